The van der Waals surface area contributed by atoms with Crippen LogP contribution in [0.25, 0.3) is 0 Å². The molecule has 0 N–H and O–H groups in total. The lowest BCUT2D eigenvalue weighted by Gasteiger charge is -2.65. The van der Waals surface area contributed by atoms with Gasteiger partial charge in [-0.25, -0.2) is 0 Å². The van der Waals surface area contributed by atoms with Crippen LogP contribution in [0, 0.1) is 52.3 Å². The predicted octanol–water partition coefficient (Wildman–Crippen LogP) is 6.44. The fourth-order valence-corrected chi connectivity index (χ4v) is 10.7. The Hall–Kier alpha value is -0.330. The molecule has 4 rings (SSSR count). The van der Waals surface area contributed by atoms with E-state index in [1.54, 1.807) is 0 Å². The van der Waals surface area contributed by atoms with E-state index in [-0.39, 0.29) is 17.6 Å². The van der Waals surface area contributed by atoms with Gasteiger partial charge in [0.05, 0.1) is 0 Å². The number of ether oxygens (including phenoxy) is 2. The number of halogens is 1. The van der Waals surface area contributed by atoms with Crippen LogP contribution in [-0.2, 0) is 19.1 Å². The van der Waals surface area contributed by atoms with Gasteiger partial charge < -0.3 is 9.47 Å². The smallest absolute Gasteiger partial charge is 0.293 e. The molecule has 0 aromatic heterocycles. The lowest BCUT2D eigenvalue weighted by atomic mass is 9.41. The molecule has 0 aromatic carbocycles. The van der Waals surface area contributed by atoms with Crippen molar-refractivity contribution in [2.75, 3.05) is 4.43 Å². The molecule has 5 heteroatoms. The van der Waals surface area contributed by atoms with E-state index in [2.05, 4.69) is 50.3 Å². The molecular formula is C27H43IO4. The monoisotopic (exact) mass is 558 g/mol. The fraction of sp³-hybridized carbons (Fsp3) is 0.926. The Kier molecular flexibility index (Phi) is 7.54. The molecule has 4 saturated carbocycles. The van der Waals surface area contributed by atoms with Crippen molar-refractivity contribution in [2.24, 2.45) is 52.3 Å². The van der Waals surface area contributed by atoms with Crippen LogP contribution in [0.15, 0.2) is 0 Å². The number of fused-ring (bicyclic) bond motifs is 5. The molecule has 4 nitrogen and oxygen atoms in total. The van der Waals surface area contributed by atoms with Gasteiger partial charge in [-0.2, -0.15) is 0 Å². The number of carbonyl (C=O) groups excluding carboxylic acids is 2. The average Bonchev–Trinajstić information content (AvgIpc) is 3.12. The number of rotatable bonds is 8. The maximum Gasteiger partial charge on any atom is 0.293 e. The summed E-state index contributed by atoms with van der Waals surface area (Å²) < 4.78 is 12.7. The second kappa shape index (κ2) is 9.73. The highest BCUT2D eigenvalue weighted by atomic mass is 127. The molecule has 0 saturated heterocycles. The molecule has 32 heavy (non-hydrogen) atoms. The molecule has 0 spiro atoms. The van der Waals surface area contributed by atoms with Gasteiger partial charge in [-0.05, 0) is 109 Å². The summed E-state index contributed by atoms with van der Waals surface area (Å²) in [6, 6.07) is 0. The van der Waals surface area contributed by atoms with Crippen LogP contribution < -0.4 is 0 Å². The number of alkyl halides is 1. The van der Waals surface area contributed by atoms with E-state index in [9.17, 15) is 9.59 Å². The van der Waals surface area contributed by atoms with Crippen molar-refractivity contribution in [2.45, 2.75) is 97.7 Å². The summed E-state index contributed by atoms with van der Waals surface area (Å²) >= 11 is 2.53. The fourth-order valence-electron chi connectivity index (χ4n) is 9.71. The molecule has 0 aliphatic heterocycles. The quantitative estimate of drug-likeness (QED) is 0.196. The minimum absolute atomic E-state index is 0.0128. The number of hydrogen-bond acceptors (Lipinski definition) is 4. The van der Waals surface area contributed by atoms with Crippen molar-refractivity contribution in [1.29, 1.82) is 0 Å². The first-order valence-corrected chi connectivity index (χ1v) is 14.6. The van der Waals surface area contributed by atoms with Crippen LogP contribution >= 0.6 is 22.6 Å². The van der Waals surface area contributed by atoms with Gasteiger partial charge in [0.1, 0.15) is 12.2 Å². The third-order valence-corrected chi connectivity index (χ3v) is 11.7. The van der Waals surface area contributed by atoms with Gasteiger partial charge in [0, 0.05) is 5.92 Å². The molecular weight excluding hydrogens is 515 g/mol. The molecule has 4 fully saturated rings. The molecule has 0 radical (unpaired) electrons. The summed E-state index contributed by atoms with van der Waals surface area (Å²) in [5.41, 5.74) is 0.625. The zero-order valence-electron chi connectivity index (χ0n) is 20.4. The zero-order chi connectivity index (χ0) is 23.1. The van der Waals surface area contributed by atoms with Gasteiger partial charge in [-0.3, -0.25) is 9.59 Å². The van der Waals surface area contributed by atoms with E-state index in [4.69, 9.17) is 9.47 Å². The van der Waals surface area contributed by atoms with Gasteiger partial charge in [0.2, 0.25) is 0 Å². The SMILES string of the molecule is CC[C@H]1[C@@H](OC=O)[C@@H]2[C@H](CC[C@]3(C)[C@@H]([C@H](C)CCI)CC[C@@H]23)[C@@]2(C)CC[C@@H](OC=O)C[C@@H]12. The highest BCUT2D eigenvalue weighted by Gasteiger charge is 2.65. The highest BCUT2D eigenvalue weighted by Crippen LogP contribution is 2.70. The van der Waals surface area contributed by atoms with Crippen molar-refractivity contribution in [3.05, 3.63) is 0 Å². The van der Waals surface area contributed by atoms with Crippen molar-refractivity contribution < 1.29 is 19.1 Å². The molecule has 0 unspecified atom stereocenters. The minimum atomic E-state index is 0.0128. The second-order valence-electron chi connectivity index (χ2n) is 12.0. The average molecular weight is 559 g/mol. The molecule has 0 aromatic rings. The van der Waals surface area contributed by atoms with Crippen LogP contribution in [0.1, 0.15) is 85.5 Å². The van der Waals surface area contributed by atoms with E-state index in [0.717, 1.165) is 44.0 Å². The Labute approximate surface area is 208 Å². The standard InChI is InChI=1S/C27H43IO4/c1-5-19-23-14-18(31-15-29)8-11-27(23,4)22-9-12-26(3)20(17(2)10-13-28)6-7-21(26)24(22)25(19)32-16-30/h15-25H,5-14H2,1-4H3/t17-,18-,19-,20-,21+,22+,23+,24+,25-,26-,27-/m1/s1. The first-order chi connectivity index (χ1) is 15.4. The Balaban J connectivity index is 1.69. The lowest BCUT2D eigenvalue weighted by Crippen LogP contribution is -2.62. The largest absolute Gasteiger partial charge is 0.465 e. The lowest BCUT2D eigenvalue weighted by molar-refractivity contribution is -0.213. The summed E-state index contributed by atoms with van der Waals surface area (Å²) in [5.74, 6) is 4.12. The molecule has 4 aliphatic carbocycles. The summed E-state index contributed by atoms with van der Waals surface area (Å²) in [6.45, 7) is 11.2. The third kappa shape index (κ3) is 3.84. The van der Waals surface area contributed by atoms with E-state index in [1.807, 2.05) is 0 Å². The van der Waals surface area contributed by atoms with Crippen LogP contribution in [0.4, 0.5) is 0 Å². The van der Waals surface area contributed by atoms with E-state index < -0.39 is 0 Å². The van der Waals surface area contributed by atoms with Gasteiger partial charge in [-0.15, -0.1) is 0 Å². The second-order valence-corrected chi connectivity index (χ2v) is 13.1. The Morgan fingerprint density at radius 3 is 2.31 bits per heavy atom. The molecule has 0 amide bonds. The van der Waals surface area contributed by atoms with Crippen molar-refractivity contribution >= 4 is 35.5 Å². The van der Waals surface area contributed by atoms with Gasteiger partial charge in [0.15, 0.2) is 0 Å². The van der Waals surface area contributed by atoms with Crippen molar-refractivity contribution in [3.8, 4) is 0 Å². The topological polar surface area (TPSA) is 52.6 Å². The minimum Gasteiger partial charge on any atom is -0.465 e. The molecule has 0 bridgehead atoms. The molecule has 0 heterocycles. The number of hydrogen-bond donors (Lipinski definition) is 0. The van der Waals surface area contributed by atoms with Crippen molar-refractivity contribution in [1.82, 2.24) is 0 Å². The maximum atomic E-state index is 11.8. The summed E-state index contributed by atoms with van der Waals surface area (Å²) in [5, 5.41) is 0. The van der Waals surface area contributed by atoms with E-state index in [0.29, 0.717) is 41.5 Å². The number of carbonyl (C=O) groups is 2. The first-order valence-electron chi connectivity index (χ1n) is 13.1. The summed E-state index contributed by atoms with van der Waals surface area (Å²) in [7, 11) is 0. The van der Waals surface area contributed by atoms with Crippen LogP contribution in [0.3, 0.4) is 0 Å². The molecule has 182 valence electrons. The normalized spacial score (nSPS) is 48.7. The third-order valence-electron chi connectivity index (χ3n) is 11.1. The molecule has 4 aliphatic rings. The Bertz CT molecular complexity index is 685. The van der Waals surface area contributed by atoms with Crippen LogP contribution in [0.2, 0.25) is 0 Å². The zero-order valence-corrected chi connectivity index (χ0v) is 22.6. The molecule has 11 atom stereocenters. The van der Waals surface area contributed by atoms with Gasteiger partial charge >= 0.3 is 0 Å². The summed E-state index contributed by atoms with van der Waals surface area (Å²) in [6.07, 6.45) is 10.6. The van der Waals surface area contributed by atoms with Gasteiger partial charge in [0.25, 0.3) is 12.9 Å². The van der Waals surface area contributed by atoms with Gasteiger partial charge in [-0.1, -0.05) is 50.3 Å². The first kappa shape index (κ1) is 24.8. The van der Waals surface area contributed by atoms with Crippen LogP contribution in [0.5, 0.6) is 0 Å². The van der Waals surface area contributed by atoms with Crippen LogP contribution in [-0.4, -0.2) is 29.6 Å². The Morgan fingerprint density at radius 1 is 0.969 bits per heavy atom. The van der Waals surface area contributed by atoms with E-state index >= 15 is 0 Å². The van der Waals surface area contributed by atoms with E-state index in [1.165, 1.54) is 36.5 Å². The van der Waals surface area contributed by atoms with Crippen molar-refractivity contribution in [3.63, 3.8) is 0 Å². The summed E-state index contributed by atoms with van der Waals surface area (Å²) in [4.78, 5) is 22.8. The Morgan fingerprint density at radius 2 is 1.66 bits per heavy atom. The maximum absolute atomic E-state index is 11.8. The highest BCUT2D eigenvalue weighted by molar-refractivity contribution is 14.1. The predicted molar refractivity (Wildman–Crippen MR) is 134 cm³/mol.